The average molecular weight is 475 g/mol. The molecule has 0 fully saturated rings. The zero-order chi connectivity index (χ0) is 23.9. The van der Waals surface area contributed by atoms with Gasteiger partial charge in [-0.05, 0) is 30.2 Å². The van der Waals surface area contributed by atoms with Crippen LogP contribution in [0.5, 0.6) is 11.5 Å². The van der Waals surface area contributed by atoms with Crippen LogP contribution in [-0.4, -0.2) is 21.9 Å². The third-order valence-electron chi connectivity index (χ3n) is 5.17. The second-order valence-corrected chi connectivity index (χ2v) is 8.54. The van der Waals surface area contributed by atoms with Gasteiger partial charge in [0.05, 0.1) is 5.56 Å². The Kier molecular flexibility index (Phi) is 7.34. The van der Waals surface area contributed by atoms with E-state index >= 15 is 0 Å². The Balaban J connectivity index is 1.61. The largest absolute Gasteiger partial charge is 0.506 e. The Bertz CT molecular complexity index is 1330. The molecule has 0 saturated carbocycles. The van der Waals surface area contributed by atoms with Crippen LogP contribution in [0.2, 0.25) is 0 Å². The molecule has 0 spiro atoms. The molecule has 0 amide bonds. The van der Waals surface area contributed by atoms with Crippen LogP contribution in [0.25, 0.3) is 11.3 Å². The second kappa shape index (κ2) is 10.8. The van der Waals surface area contributed by atoms with E-state index in [2.05, 4.69) is 0 Å². The summed E-state index contributed by atoms with van der Waals surface area (Å²) in [6.45, 7) is -0.0557. The summed E-state index contributed by atoms with van der Waals surface area (Å²) >= 11 is 1.22. The Labute approximate surface area is 200 Å². The molecule has 0 atom stereocenters. The molecule has 2 N–H and O–H groups in total. The number of thioether (sulfide) groups is 1. The Hall–Kier alpha value is -3.97. The number of rotatable bonds is 9. The number of carbonyl (C=O) groups is 1. The first-order chi connectivity index (χ1) is 16.5. The van der Waals surface area contributed by atoms with Crippen molar-refractivity contribution in [3.63, 3.8) is 0 Å². The molecule has 4 rings (SSSR count). The summed E-state index contributed by atoms with van der Waals surface area (Å²) in [4.78, 5) is 24.7. The summed E-state index contributed by atoms with van der Waals surface area (Å²) in [5.74, 6) is -0.104. The highest BCUT2D eigenvalue weighted by Crippen LogP contribution is 2.33. The summed E-state index contributed by atoms with van der Waals surface area (Å²) in [5.41, 5.74) is 1.18. The number of hydrogen-bond acceptors (Lipinski definition) is 6. The smallest absolute Gasteiger partial charge is 0.353 e. The molecule has 3 aromatic carbocycles. The number of aromatic hydroxyl groups is 1. The first-order valence-corrected chi connectivity index (χ1v) is 11.6. The summed E-state index contributed by atoms with van der Waals surface area (Å²) in [5, 5.41) is 20.3. The number of aromatic carboxylic acids is 1. The molecule has 0 radical (unpaired) electrons. The average Bonchev–Trinajstić information content (AvgIpc) is 2.85. The van der Waals surface area contributed by atoms with Gasteiger partial charge in [-0.25, -0.2) is 9.59 Å². The van der Waals surface area contributed by atoms with E-state index in [-0.39, 0.29) is 28.6 Å². The highest BCUT2D eigenvalue weighted by atomic mass is 32.2. The van der Waals surface area contributed by atoms with Crippen LogP contribution in [0.4, 0.5) is 0 Å². The van der Waals surface area contributed by atoms with Crippen molar-refractivity contribution in [3.05, 3.63) is 112 Å². The van der Waals surface area contributed by atoms with Gasteiger partial charge in [0, 0.05) is 22.9 Å². The summed E-state index contributed by atoms with van der Waals surface area (Å²) < 4.78 is 11.3. The van der Waals surface area contributed by atoms with E-state index in [0.29, 0.717) is 22.6 Å². The quantitative estimate of drug-likeness (QED) is 0.304. The van der Waals surface area contributed by atoms with Gasteiger partial charge in [0.25, 0.3) is 0 Å². The van der Waals surface area contributed by atoms with Crippen molar-refractivity contribution in [2.45, 2.75) is 17.9 Å². The van der Waals surface area contributed by atoms with Crippen molar-refractivity contribution in [2.24, 2.45) is 0 Å². The fourth-order valence-electron chi connectivity index (χ4n) is 3.50. The maximum Gasteiger partial charge on any atom is 0.353 e. The van der Waals surface area contributed by atoms with Crippen molar-refractivity contribution >= 4 is 17.7 Å². The lowest BCUT2D eigenvalue weighted by Crippen LogP contribution is -2.09. The molecule has 7 heteroatoms. The third kappa shape index (κ3) is 5.50. The number of ether oxygens (including phenoxy) is 1. The first-order valence-electron chi connectivity index (χ1n) is 10.6. The van der Waals surface area contributed by atoms with Crippen LogP contribution >= 0.6 is 11.8 Å². The zero-order valence-electron chi connectivity index (χ0n) is 18.1. The Morgan fingerprint density at radius 2 is 1.65 bits per heavy atom. The van der Waals surface area contributed by atoms with Crippen LogP contribution in [0.15, 0.2) is 99.0 Å². The second-order valence-electron chi connectivity index (χ2n) is 7.44. The molecule has 0 unspecified atom stereocenters. The third-order valence-corrected chi connectivity index (χ3v) is 6.24. The van der Waals surface area contributed by atoms with Crippen LogP contribution in [0.1, 0.15) is 21.5 Å². The minimum absolute atomic E-state index is 0.0249. The lowest BCUT2D eigenvalue weighted by atomic mass is 9.99. The van der Waals surface area contributed by atoms with Crippen LogP contribution < -0.4 is 10.4 Å². The highest BCUT2D eigenvalue weighted by molar-refractivity contribution is 7.99. The lowest BCUT2D eigenvalue weighted by molar-refractivity contribution is 0.0694. The molecule has 4 aromatic rings. The number of aryl methyl sites for hydroxylation is 1. The SMILES string of the molecule is O=C(O)c1cccc(-c2cc(O)c(SCCc3ccccc3)c(=O)o2)c1COc1ccccc1. The summed E-state index contributed by atoms with van der Waals surface area (Å²) in [7, 11) is 0. The fraction of sp³-hybridized carbons (Fsp3) is 0.111. The normalized spacial score (nSPS) is 10.7. The van der Waals surface area contributed by atoms with Gasteiger partial charge in [0.1, 0.15) is 28.8 Å². The van der Waals surface area contributed by atoms with Gasteiger partial charge in [0.15, 0.2) is 0 Å². The number of para-hydroxylation sites is 1. The number of benzene rings is 3. The molecule has 172 valence electrons. The van der Waals surface area contributed by atoms with E-state index in [4.69, 9.17) is 9.15 Å². The van der Waals surface area contributed by atoms with Crippen molar-refractivity contribution in [3.8, 4) is 22.8 Å². The topological polar surface area (TPSA) is 97.0 Å². The minimum atomic E-state index is -1.13. The monoisotopic (exact) mass is 474 g/mol. The number of hydrogen-bond donors (Lipinski definition) is 2. The van der Waals surface area contributed by atoms with E-state index in [1.165, 1.54) is 23.9 Å². The van der Waals surface area contributed by atoms with Crippen molar-refractivity contribution in [1.82, 2.24) is 0 Å². The van der Waals surface area contributed by atoms with Gasteiger partial charge in [0.2, 0.25) is 0 Å². The maximum atomic E-state index is 12.7. The molecular formula is C27H22O6S. The van der Waals surface area contributed by atoms with E-state index in [1.54, 1.807) is 24.3 Å². The van der Waals surface area contributed by atoms with Crippen molar-refractivity contribution < 1.29 is 24.2 Å². The van der Waals surface area contributed by atoms with Gasteiger partial charge in [-0.15, -0.1) is 11.8 Å². The van der Waals surface area contributed by atoms with Gasteiger partial charge >= 0.3 is 11.6 Å². The molecule has 34 heavy (non-hydrogen) atoms. The number of carboxylic acids is 1. The predicted octanol–water partition coefficient (Wildman–Crippen LogP) is 5.62. The molecule has 6 nitrogen and oxygen atoms in total. The Morgan fingerprint density at radius 1 is 0.941 bits per heavy atom. The van der Waals surface area contributed by atoms with Crippen LogP contribution in [0, 0.1) is 0 Å². The molecule has 1 heterocycles. The number of carboxylic acid groups (broad SMARTS) is 1. The molecular weight excluding hydrogens is 452 g/mol. The standard InChI is InChI=1S/C27H22O6S/c28-23-16-24(33-27(31)25(23)34-15-14-18-8-3-1-4-9-18)20-12-7-13-21(26(29)30)22(20)17-32-19-10-5-2-6-11-19/h1-13,16,28H,14-15,17H2,(H,29,30). The summed E-state index contributed by atoms with van der Waals surface area (Å²) in [6.07, 6.45) is 0.730. The van der Waals surface area contributed by atoms with Crippen molar-refractivity contribution in [2.75, 3.05) is 5.75 Å². The molecule has 0 aliphatic rings. The first kappa shape index (κ1) is 23.2. The van der Waals surface area contributed by atoms with E-state index < -0.39 is 11.6 Å². The molecule has 1 aromatic heterocycles. The minimum Gasteiger partial charge on any atom is -0.506 e. The molecule has 0 aliphatic heterocycles. The molecule has 0 bridgehead atoms. The summed E-state index contributed by atoms with van der Waals surface area (Å²) in [6, 6.07) is 24.8. The van der Waals surface area contributed by atoms with Crippen LogP contribution in [-0.2, 0) is 13.0 Å². The van der Waals surface area contributed by atoms with Gasteiger partial charge < -0.3 is 19.4 Å². The Morgan fingerprint density at radius 3 is 2.32 bits per heavy atom. The molecule has 0 aliphatic carbocycles. The van der Waals surface area contributed by atoms with E-state index in [1.807, 2.05) is 48.5 Å². The lowest BCUT2D eigenvalue weighted by Gasteiger charge is -2.14. The highest BCUT2D eigenvalue weighted by Gasteiger charge is 2.20. The van der Waals surface area contributed by atoms with E-state index in [9.17, 15) is 19.8 Å². The molecule has 0 saturated heterocycles. The van der Waals surface area contributed by atoms with Gasteiger partial charge in [-0.1, -0.05) is 60.7 Å². The zero-order valence-corrected chi connectivity index (χ0v) is 19.0. The van der Waals surface area contributed by atoms with Crippen molar-refractivity contribution in [1.29, 1.82) is 0 Å². The van der Waals surface area contributed by atoms with Gasteiger partial charge in [-0.3, -0.25) is 0 Å². The van der Waals surface area contributed by atoms with E-state index in [0.717, 1.165) is 12.0 Å². The maximum absolute atomic E-state index is 12.7. The van der Waals surface area contributed by atoms with Gasteiger partial charge in [-0.2, -0.15) is 0 Å². The van der Waals surface area contributed by atoms with Crippen LogP contribution in [0.3, 0.4) is 0 Å². The predicted molar refractivity (Wildman–Crippen MR) is 131 cm³/mol. The fourth-order valence-corrected chi connectivity index (χ4v) is 4.41.